The monoisotopic (exact) mass is 467 g/mol. The van der Waals surface area contributed by atoms with E-state index in [1.54, 1.807) is 17.8 Å². The summed E-state index contributed by atoms with van der Waals surface area (Å²) in [6.45, 7) is 4.80. The van der Waals surface area contributed by atoms with Crippen LogP contribution in [0.2, 0.25) is 0 Å². The van der Waals surface area contributed by atoms with Crippen LogP contribution in [0.15, 0.2) is 40.5 Å². The zero-order chi connectivity index (χ0) is 22.4. The molecule has 12 heteroatoms. The molecule has 0 saturated heterocycles. The molecule has 3 aromatic rings. The number of nitrogens with two attached hydrogens (primary N) is 1. The number of anilines is 1. The third-order valence-electron chi connectivity index (χ3n) is 4.22. The summed E-state index contributed by atoms with van der Waals surface area (Å²) < 4.78 is 23.7. The summed E-state index contributed by atoms with van der Waals surface area (Å²) in [4.78, 5) is 31.9. The van der Waals surface area contributed by atoms with Gasteiger partial charge in [0.25, 0.3) is 0 Å². The number of benzene rings is 1. The van der Waals surface area contributed by atoms with Gasteiger partial charge in [-0.3, -0.25) is 4.57 Å². The van der Waals surface area contributed by atoms with Crippen LogP contribution in [0.4, 0.5) is 5.95 Å². The van der Waals surface area contributed by atoms with Gasteiger partial charge in [-0.25, -0.2) is 9.97 Å². The smallest absolute Gasteiger partial charge is 0.350 e. The molecule has 3 rings (SSSR count). The van der Waals surface area contributed by atoms with Gasteiger partial charge in [-0.2, -0.15) is 4.98 Å². The highest BCUT2D eigenvalue weighted by Crippen LogP contribution is 2.35. The van der Waals surface area contributed by atoms with Crippen LogP contribution in [0.1, 0.15) is 26.7 Å². The van der Waals surface area contributed by atoms with Crippen molar-refractivity contribution in [2.75, 3.05) is 18.7 Å². The normalized spacial score (nSPS) is 12.9. The van der Waals surface area contributed by atoms with Crippen LogP contribution in [0, 0.1) is 0 Å². The average molecular weight is 467 g/mol. The molecule has 4 N–H and O–H groups in total. The Morgan fingerprint density at radius 1 is 1.32 bits per heavy atom. The summed E-state index contributed by atoms with van der Waals surface area (Å²) in [5.74, 6) is 0.897. The Hall–Kier alpha value is -2.17. The lowest BCUT2D eigenvalue weighted by atomic mass is 10.3. The molecule has 0 fully saturated rings. The lowest BCUT2D eigenvalue weighted by Gasteiger charge is -2.14. The molecule has 168 valence electrons. The van der Waals surface area contributed by atoms with Gasteiger partial charge in [-0.05, 0) is 31.5 Å². The minimum absolute atomic E-state index is 0.107. The van der Waals surface area contributed by atoms with E-state index in [1.807, 2.05) is 24.3 Å². The largest absolute Gasteiger partial charge is 0.494 e. The maximum Gasteiger partial charge on any atom is 0.350 e. The van der Waals surface area contributed by atoms with Crippen LogP contribution < -0.4 is 10.5 Å². The molecule has 2 aromatic heterocycles. The number of hydrogen-bond donors (Lipinski definition) is 3. The number of fused-ring (bicyclic) bond motifs is 1. The number of aromatic nitrogens is 4. The number of unbranched alkanes of at least 4 members (excludes halogenated alkanes) is 1. The van der Waals surface area contributed by atoms with Crippen LogP contribution in [0.3, 0.4) is 0 Å². The zero-order valence-electron chi connectivity index (χ0n) is 17.3. The predicted octanol–water partition coefficient (Wildman–Crippen LogP) is 3.28. The molecule has 1 unspecified atom stereocenters. The first-order valence-corrected chi connectivity index (χ1v) is 12.4. The highest BCUT2D eigenvalue weighted by atomic mass is 32.2. The van der Waals surface area contributed by atoms with Crippen LogP contribution in [-0.4, -0.2) is 48.4 Å². The van der Waals surface area contributed by atoms with E-state index in [9.17, 15) is 4.57 Å². The Bertz CT molecular complexity index is 1070. The van der Waals surface area contributed by atoms with E-state index >= 15 is 0 Å². The van der Waals surface area contributed by atoms with Gasteiger partial charge in [0.15, 0.2) is 5.65 Å². The van der Waals surface area contributed by atoms with Gasteiger partial charge in [-0.1, -0.05) is 31.2 Å². The maximum atomic E-state index is 11.0. The van der Waals surface area contributed by atoms with Gasteiger partial charge in [-0.15, -0.1) is 0 Å². The summed E-state index contributed by atoms with van der Waals surface area (Å²) in [7, 11) is -4.23. The number of imidazole rings is 1. The Labute approximate surface area is 184 Å². The molecule has 10 nitrogen and oxygen atoms in total. The van der Waals surface area contributed by atoms with Crippen molar-refractivity contribution in [3.8, 4) is 5.75 Å². The Kier molecular flexibility index (Phi) is 7.90. The quantitative estimate of drug-likeness (QED) is 0.218. The lowest BCUT2D eigenvalue weighted by molar-refractivity contribution is 0.0764. The number of ether oxygens (including phenoxy) is 2. The van der Waals surface area contributed by atoms with Crippen molar-refractivity contribution in [1.82, 2.24) is 19.5 Å². The molecule has 0 radical (unpaired) electrons. The fourth-order valence-corrected chi connectivity index (χ4v) is 4.14. The Balaban J connectivity index is 1.78. The summed E-state index contributed by atoms with van der Waals surface area (Å²) in [6, 6.07) is 7.73. The van der Waals surface area contributed by atoms with E-state index in [2.05, 4.69) is 21.9 Å². The van der Waals surface area contributed by atoms with E-state index in [0.717, 1.165) is 23.5 Å². The first-order valence-electron chi connectivity index (χ1n) is 9.80. The molecule has 1 atom stereocenters. The van der Waals surface area contributed by atoms with Gasteiger partial charge in [0.2, 0.25) is 5.95 Å². The predicted molar refractivity (Wildman–Crippen MR) is 118 cm³/mol. The van der Waals surface area contributed by atoms with Gasteiger partial charge < -0.3 is 29.6 Å². The van der Waals surface area contributed by atoms with Crippen molar-refractivity contribution >= 4 is 36.5 Å². The molecule has 0 aliphatic rings. The highest BCUT2D eigenvalue weighted by molar-refractivity contribution is 7.99. The molecular weight excluding hydrogens is 441 g/mol. The third kappa shape index (κ3) is 6.91. The average Bonchev–Trinajstić information content (AvgIpc) is 3.09. The molecule has 31 heavy (non-hydrogen) atoms. The second-order valence-corrected chi connectivity index (χ2v) is 9.66. The van der Waals surface area contributed by atoms with Crippen molar-refractivity contribution in [2.24, 2.45) is 0 Å². The molecule has 2 heterocycles. The van der Waals surface area contributed by atoms with E-state index in [1.165, 1.54) is 11.8 Å². The molecule has 0 saturated carbocycles. The maximum absolute atomic E-state index is 11.0. The Morgan fingerprint density at radius 3 is 2.87 bits per heavy atom. The van der Waals surface area contributed by atoms with E-state index < -0.39 is 20.0 Å². The molecule has 0 aliphatic heterocycles. The lowest BCUT2D eigenvalue weighted by Crippen LogP contribution is -2.17. The fourth-order valence-electron chi connectivity index (χ4n) is 2.77. The molecule has 0 aliphatic carbocycles. The standard InChI is InChI=1S/C19H26N5O5PS/c1-3-4-8-28-14-6-5-7-15(9-14)31-18-16-17(22-19(20)23-18)24(11-21-16)10-13(2)29-12-30(25,26)27/h5-7,9,11,13H,3-4,8,10,12H2,1-2H3,(H2,20,22,23)(H2,25,26,27). The highest BCUT2D eigenvalue weighted by Gasteiger charge is 2.18. The fraction of sp³-hybridized carbons (Fsp3) is 0.421. The number of nitrogens with zero attached hydrogens (tertiary/aromatic N) is 4. The van der Waals surface area contributed by atoms with Gasteiger partial charge in [0.05, 0.1) is 25.6 Å². The third-order valence-corrected chi connectivity index (χ3v) is 5.67. The SMILES string of the molecule is CCCCOc1cccc(Sc2nc(N)nc3c2ncn3CC(C)OCP(=O)(O)O)c1. The Morgan fingerprint density at radius 2 is 2.13 bits per heavy atom. The van der Waals surface area contributed by atoms with Gasteiger partial charge >= 0.3 is 7.60 Å². The summed E-state index contributed by atoms with van der Waals surface area (Å²) in [5.41, 5.74) is 7.04. The van der Waals surface area contributed by atoms with Gasteiger partial charge in [0.1, 0.15) is 22.6 Å². The van der Waals surface area contributed by atoms with Crippen molar-refractivity contribution < 1.29 is 23.8 Å². The van der Waals surface area contributed by atoms with E-state index in [0.29, 0.717) is 29.3 Å². The first-order chi connectivity index (χ1) is 14.7. The minimum Gasteiger partial charge on any atom is -0.494 e. The van der Waals surface area contributed by atoms with Crippen LogP contribution in [0.5, 0.6) is 5.75 Å². The number of rotatable bonds is 11. The van der Waals surface area contributed by atoms with E-state index in [-0.39, 0.29) is 5.95 Å². The van der Waals surface area contributed by atoms with Crippen molar-refractivity contribution in [3.63, 3.8) is 0 Å². The summed E-state index contributed by atoms with van der Waals surface area (Å²) >= 11 is 1.41. The van der Waals surface area contributed by atoms with Gasteiger partial charge in [0, 0.05) is 4.90 Å². The second-order valence-electron chi connectivity index (χ2n) is 7.01. The van der Waals surface area contributed by atoms with Crippen molar-refractivity contribution in [1.29, 1.82) is 0 Å². The molecule has 0 bridgehead atoms. The second kappa shape index (κ2) is 10.4. The van der Waals surface area contributed by atoms with Crippen molar-refractivity contribution in [2.45, 2.75) is 49.3 Å². The van der Waals surface area contributed by atoms with Crippen LogP contribution in [-0.2, 0) is 15.8 Å². The van der Waals surface area contributed by atoms with Crippen LogP contribution >= 0.6 is 19.4 Å². The minimum atomic E-state index is -4.23. The zero-order valence-corrected chi connectivity index (χ0v) is 19.1. The molecule has 1 aromatic carbocycles. The molecule has 0 spiro atoms. The number of nitrogen functional groups attached to an aromatic ring is 1. The topological polar surface area (TPSA) is 146 Å². The van der Waals surface area contributed by atoms with Crippen LogP contribution in [0.25, 0.3) is 11.2 Å². The first kappa shape index (κ1) is 23.5. The molecule has 0 amide bonds. The van der Waals surface area contributed by atoms with Crippen molar-refractivity contribution in [3.05, 3.63) is 30.6 Å². The van der Waals surface area contributed by atoms with E-state index in [4.69, 9.17) is 25.0 Å². The summed E-state index contributed by atoms with van der Waals surface area (Å²) in [5, 5.41) is 0.607. The summed E-state index contributed by atoms with van der Waals surface area (Å²) in [6.07, 6.45) is 2.54. The number of hydrogen-bond acceptors (Lipinski definition) is 8. The molecular formula is C19H26N5O5PS.